The molecular weight excluding hydrogens is 316 g/mol. The number of aryl methyl sites for hydroxylation is 1. The Morgan fingerprint density at radius 2 is 1.94 bits per heavy atom. The number of rotatable bonds is 1. The van der Waals surface area contributed by atoms with Crippen LogP contribution in [-0.2, 0) is 13.2 Å². The second kappa shape index (κ2) is 4.38. The van der Waals surface area contributed by atoms with Crippen LogP contribution in [0.4, 0.5) is 17.6 Å². The molecule has 0 fully saturated rings. The Bertz CT molecular complexity index is 589. The lowest BCUT2D eigenvalue weighted by atomic mass is 10.2. The number of alkyl halides is 3. The van der Waals surface area contributed by atoms with Crippen LogP contribution < -0.4 is 0 Å². The third kappa shape index (κ3) is 2.40. The molecule has 2 nitrogen and oxygen atoms in total. The van der Waals surface area contributed by atoms with Crippen molar-refractivity contribution in [2.45, 2.75) is 6.18 Å². The van der Waals surface area contributed by atoms with E-state index in [0.717, 1.165) is 12.3 Å². The van der Waals surface area contributed by atoms with Crippen LogP contribution in [0.5, 0.6) is 0 Å². The van der Waals surface area contributed by atoms with Crippen molar-refractivity contribution in [1.29, 1.82) is 0 Å². The van der Waals surface area contributed by atoms with Crippen LogP contribution in [0.1, 0.15) is 5.69 Å². The summed E-state index contributed by atoms with van der Waals surface area (Å²) in [4.78, 5) is 3.48. The Labute approximate surface area is 108 Å². The van der Waals surface area contributed by atoms with E-state index >= 15 is 0 Å². The van der Waals surface area contributed by atoms with E-state index in [1.807, 2.05) is 0 Å². The molecule has 0 amide bonds. The van der Waals surface area contributed by atoms with E-state index in [1.54, 1.807) is 0 Å². The second-order valence-electron chi connectivity index (χ2n) is 3.69. The number of imidazole rings is 1. The summed E-state index contributed by atoms with van der Waals surface area (Å²) in [6.07, 6.45) is -3.64. The van der Waals surface area contributed by atoms with Gasteiger partial charge in [-0.2, -0.15) is 13.2 Å². The van der Waals surface area contributed by atoms with E-state index in [9.17, 15) is 17.6 Å². The van der Waals surface area contributed by atoms with Gasteiger partial charge in [0, 0.05) is 18.8 Å². The molecule has 7 heteroatoms. The van der Waals surface area contributed by atoms with E-state index in [-0.39, 0.29) is 15.9 Å². The third-order valence-electron chi connectivity index (χ3n) is 2.34. The minimum atomic E-state index is -4.51. The van der Waals surface area contributed by atoms with Gasteiger partial charge in [-0.3, -0.25) is 0 Å². The first-order valence-corrected chi connectivity index (χ1v) is 5.64. The molecule has 0 saturated carbocycles. The minimum absolute atomic E-state index is 0.0636. The van der Waals surface area contributed by atoms with Gasteiger partial charge >= 0.3 is 6.18 Å². The Morgan fingerprint density at radius 3 is 2.44 bits per heavy atom. The fraction of sp³-hybridized carbons (Fsp3) is 0.182. The molecular formula is C11H7BrF4N2. The minimum Gasteiger partial charge on any atom is -0.333 e. The average Bonchev–Trinajstić information content (AvgIpc) is 2.64. The lowest BCUT2D eigenvalue weighted by molar-refractivity contribution is -0.140. The molecule has 0 saturated heterocycles. The maximum absolute atomic E-state index is 13.3. The van der Waals surface area contributed by atoms with Gasteiger partial charge in [-0.1, -0.05) is 0 Å². The predicted octanol–water partition coefficient (Wildman–Crippen LogP) is 4.01. The van der Waals surface area contributed by atoms with E-state index in [1.165, 1.54) is 23.7 Å². The first-order chi connectivity index (χ1) is 8.29. The first kappa shape index (κ1) is 13.1. The zero-order chi connectivity index (χ0) is 13.5. The molecule has 1 heterocycles. The van der Waals surface area contributed by atoms with Crippen molar-refractivity contribution in [1.82, 2.24) is 9.55 Å². The smallest absolute Gasteiger partial charge is 0.333 e. The summed E-state index contributed by atoms with van der Waals surface area (Å²) in [5.41, 5.74) is -0.711. The van der Waals surface area contributed by atoms with Crippen molar-refractivity contribution in [2.75, 3.05) is 0 Å². The number of hydrogen-bond acceptors (Lipinski definition) is 1. The molecule has 2 aromatic rings. The maximum atomic E-state index is 13.3. The van der Waals surface area contributed by atoms with Crippen LogP contribution in [0.3, 0.4) is 0 Å². The largest absolute Gasteiger partial charge is 0.434 e. The fourth-order valence-electron chi connectivity index (χ4n) is 1.51. The quantitative estimate of drug-likeness (QED) is 0.725. The number of benzene rings is 1. The number of nitrogens with zero attached hydrogens (tertiary/aromatic N) is 2. The second-order valence-corrected chi connectivity index (χ2v) is 4.54. The molecule has 96 valence electrons. The van der Waals surface area contributed by atoms with Crippen LogP contribution >= 0.6 is 15.9 Å². The SMILES string of the molecule is Cn1cc(C(F)(F)F)nc1-c1ccc(Br)c(F)c1. The highest BCUT2D eigenvalue weighted by Gasteiger charge is 2.34. The highest BCUT2D eigenvalue weighted by atomic mass is 79.9. The van der Waals surface area contributed by atoms with Crippen LogP contribution in [0.2, 0.25) is 0 Å². The predicted molar refractivity (Wildman–Crippen MR) is 61.3 cm³/mol. The highest BCUT2D eigenvalue weighted by molar-refractivity contribution is 9.10. The molecule has 2 rings (SSSR count). The Kier molecular flexibility index (Phi) is 3.18. The molecule has 18 heavy (non-hydrogen) atoms. The molecule has 0 bridgehead atoms. The van der Waals surface area contributed by atoms with Gasteiger partial charge in [0.05, 0.1) is 4.47 Å². The van der Waals surface area contributed by atoms with Crippen LogP contribution in [-0.4, -0.2) is 9.55 Å². The van der Waals surface area contributed by atoms with E-state index in [2.05, 4.69) is 20.9 Å². The zero-order valence-corrected chi connectivity index (χ0v) is 10.7. The van der Waals surface area contributed by atoms with Gasteiger partial charge < -0.3 is 4.57 Å². The standard InChI is InChI=1S/C11H7BrF4N2/c1-18-5-9(11(14,15)16)17-10(18)6-2-3-7(12)8(13)4-6/h2-5H,1H3. The topological polar surface area (TPSA) is 17.8 Å². The number of aromatic nitrogens is 2. The van der Waals surface area contributed by atoms with Gasteiger partial charge in [-0.25, -0.2) is 9.37 Å². The van der Waals surface area contributed by atoms with Crippen molar-refractivity contribution in [2.24, 2.45) is 7.05 Å². The van der Waals surface area contributed by atoms with Gasteiger partial charge in [0.25, 0.3) is 0 Å². The molecule has 0 atom stereocenters. The summed E-state index contributed by atoms with van der Waals surface area (Å²) in [7, 11) is 1.43. The van der Waals surface area contributed by atoms with Crippen LogP contribution in [0, 0.1) is 5.82 Å². The monoisotopic (exact) mass is 322 g/mol. The Morgan fingerprint density at radius 1 is 1.28 bits per heavy atom. The fourth-order valence-corrected chi connectivity index (χ4v) is 1.75. The number of hydrogen-bond donors (Lipinski definition) is 0. The van der Waals surface area contributed by atoms with Crippen molar-refractivity contribution < 1.29 is 17.6 Å². The zero-order valence-electron chi connectivity index (χ0n) is 9.09. The number of halogens is 5. The normalized spacial score (nSPS) is 11.9. The first-order valence-electron chi connectivity index (χ1n) is 4.85. The molecule has 0 N–H and O–H groups in total. The molecule has 1 aromatic heterocycles. The maximum Gasteiger partial charge on any atom is 0.434 e. The molecule has 0 spiro atoms. The van der Waals surface area contributed by atoms with Crippen molar-refractivity contribution in [3.05, 3.63) is 40.4 Å². The van der Waals surface area contributed by atoms with E-state index in [4.69, 9.17) is 0 Å². The summed E-state index contributed by atoms with van der Waals surface area (Å²) in [6, 6.07) is 4.05. The third-order valence-corrected chi connectivity index (χ3v) is 2.99. The summed E-state index contributed by atoms with van der Waals surface area (Å²) in [5, 5.41) is 0. The summed E-state index contributed by atoms with van der Waals surface area (Å²) < 4.78 is 52.2. The van der Waals surface area contributed by atoms with Gasteiger partial charge in [-0.15, -0.1) is 0 Å². The highest BCUT2D eigenvalue weighted by Crippen LogP contribution is 2.31. The van der Waals surface area contributed by atoms with E-state index < -0.39 is 17.7 Å². The summed E-state index contributed by atoms with van der Waals surface area (Å²) in [5.74, 6) is -0.488. The van der Waals surface area contributed by atoms with Gasteiger partial charge in [-0.05, 0) is 34.1 Å². The Balaban J connectivity index is 2.51. The van der Waals surface area contributed by atoms with Crippen LogP contribution in [0.15, 0.2) is 28.9 Å². The summed E-state index contributed by atoms with van der Waals surface area (Å²) >= 11 is 2.98. The lowest BCUT2D eigenvalue weighted by Crippen LogP contribution is -2.04. The van der Waals surface area contributed by atoms with Gasteiger partial charge in [0.1, 0.15) is 11.6 Å². The Hall–Kier alpha value is -1.37. The molecule has 0 unspecified atom stereocenters. The van der Waals surface area contributed by atoms with Crippen molar-refractivity contribution >= 4 is 15.9 Å². The van der Waals surface area contributed by atoms with Crippen molar-refractivity contribution in [3.63, 3.8) is 0 Å². The molecule has 0 aliphatic carbocycles. The molecule has 0 aliphatic rings. The summed E-state index contributed by atoms with van der Waals surface area (Å²) in [6.45, 7) is 0. The average molecular weight is 323 g/mol. The molecule has 0 radical (unpaired) electrons. The van der Waals surface area contributed by atoms with Gasteiger partial charge in [0.15, 0.2) is 5.69 Å². The lowest BCUT2D eigenvalue weighted by Gasteiger charge is -2.02. The van der Waals surface area contributed by atoms with Crippen LogP contribution in [0.25, 0.3) is 11.4 Å². The van der Waals surface area contributed by atoms with Crippen molar-refractivity contribution in [3.8, 4) is 11.4 Å². The molecule has 1 aromatic carbocycles. The van der Waals surface area contributed by atoms with Gasteiger partial charge in [0.2, 0.25) is 0 Å². The molecule has 0 aliphatic heterocycles. The van der Waals surface area contributed by atoms with E-state index in [0.29, 0.717) is 0 Å².